The number of nitrogens with one attached hydrogen (secondary N) is 2. The van der Waals surface area contributed by atoms with Gasteiger partial charge in [-0.2, -0.15) is 48.6 Å². The molecule has 1 atom stereocenters. The Morgan fingerprint density at radius 3 is 1.76 bits per heavy atom. The number of hydrogen-bond acceptors (Lipinski definition) is 5. The highest BCUT2D eigenvalue weighted by Gasteiger charge is 2.78. The van der Waals surface area contributed by atoms with Crippen molar-refractivity contribution in [3.05, 3.63) is 30.3 Å². The second-order valence-electron chi connectivity index (χ2n) is 5.99. The summed E-state index contributed by atoms with van der Waals surface area (Å²) in [5.41, 5.74) is -5.22. The fourth-order valence-corrected chi connectivity index (χ4v) is 3.32. The monoisotopic (exact) mass is 522 g/mol. The first kappa shape index (κ1) is 28.4. The van der Waals surface area contributed by atoms with Gasteiger partial charge in [-0.25, -0.2) is 13.2 Å². The van der Waals surface area contributed by atoms with Gasteiger partial charge in [0.2, 0.25) is 10.0 Å². The predicted octanol–water partition coefficient (Wildman–Crippen LogP) is 2.74. The first-order chi connectivity index (χ1) is 14.7. The summed E-state index contributed by atoms with van der Waals surface area (Å²) in [6.45, 7) is -0.145. The van der Waals surface area contributed by atoms with Gasteiger partial charge in [-0.05, 0) is 19.1 Å². The Morgan fingerprint density at radius 2 is 1.36 bits per heavy atom. The van der Waals surface area contributed by atoms with E-state index in [0.717, 1.165) is 19.1 Å². The van der Waals surface area contributed by atoms with Crippen molar-refractivity contribution in [3.8, 4) is 0 Å². The van der Waals surface area contributed by atoms with Crippen LogP contribution in [0.4, 0.5) is 43.9 Å². The van der Waals surface area contributed by atoms with Crippen molar-refractivity contribution in [1.82, 2.24) is 10.0 Å². The van der Waals surface area contributed by atoms with Crippen LogP contribution in [-0.2, 0) is 24.3 Å². The number of rotatable bonds is 8. The third kappa shape index (κ3) is 5.31. The number of carbonyl (C=O) groups excluding carboxylic acids is 2. The number of sulfonamides is 1. The van der Waals surface area contributed by atoms with E-state index in [4.69, 9.17) is 0 Å². The van der Waals surface area contributed by atoms with Gasteiger partial charge >= 0.3 is 35.8 Å². The summed E-state index contributed by atoms with van der Waals surface area (Å²) in [6, 6.07) is 4.39. The van der Waals surface area contributed by atoms with Gasteiger partial charge in [-0.3, -0.25) is 4.79 Å². The largest absolute Gasteiger partial charge is 0.463 e. The summed E-state index contributed by atoms with van der Waals surface area (Å²) in [7, 11) is -5.56. The molecule has 0 saturated carbocycles. The van der Waals surface area contributed by atoms with E-state index in [2.05, 4.69) is 4.74 Å². The van der Waals surface area contributed by atoms with Crippen molar-refractivity contribution in [2.75, 3.05) is 6.61 Å². The number of hydrogen-bond donors (Lipinski definition) is 2. The number of esters is 1. The van der Waals surface area contributed by atoms with Crippen LogP contribution in [-0.4, -0.2) is 56.8 Å². The Morgan fingerprint density at radius 1 is 0.879 bits per heavy atom. The summed E-state index contributed by atoms with van der Waals surface area (Å²) in [6.07, 6.45) is -13.6. The highest BCUT2D eigenvalue weighted by molar-refractivity contribution is 7.89. The minimum atomic E-state index is -7.21. The first-order valence-electron chi connectivity index (χ1n) is 8.15. The Hall–Kier alpha value is -2.63. The average Bonchev–Trinajstić information content (AvgIpc) is 2.66. The molecule has 0 unspecified atom stereocenters. The fraction of sp³-hybridized carbons (Fsp3) is 0.467. The van der Waals surface area contributed by atoms with Gasteiger partial charge in [0.1, 0.15) is 0 Å². The molecule has 0 aliphatic carbocycles. The summed E-state index contributed by atoms with van der Waals surface area (Å²) in [5.74, 6) is -21.0. The molecule has 0 bridgehead atoms. The van der Waals surface area contributed by atoms with Crippen molar-refractivity contribution in [1.29, 1.82) is 0 Å². The number of alkyl halides is 10. The van der Waals surface area contributed by atoms with E-state index in [1.54, 1.807) is 0 Å². The van der Waals surface area contributed by atoms with E-state index in [1.807, 2.05) is 0 Å². The number of carbonyl (C=O) groups is 2. The average molecular weight is 522 g/mol. The van der Waals surface area contributed by atoms with Crippen LogP contribution >= 0.6 is 0 Å². The second kappa shape index (κ2) is 8.96. The van der Waals surface area contributed by atoms with E-state index < -0.39 is 63.3 Å². The van der Waals surface area contributed by atoms with Crippen LogP contribution in [0.15, 0.2) is 35.2 Å². The van der Waals surface area contributed by atoms with Crippen molar-refractivity contribution >= 4 is 21.9 Å². The van der Waals surface area contributed by atoms with E-state index in [9.17, 15) is 61.9 Å². The molecule has 18 heteroatoms. The van der Waals surface area contributed by atoms with Gasteiger partial charge in [-0.1, -0.05) is 18.2 Å². The number of ether oxygens (including phenoxy) is 1. The van der Waals surface area contributed by atoms with Crippen LogP contribution in [0.1, 0.15) is 6.92 Å². The lowest BCUT2D eigenvalue weighted by atomic mass is 10.1. The molecule has 0 radical (unpaired) electrons. The van der Waals surface area contributed by atoms with Gasteiger partial charge in [0.25, 0.3) is 5.91 Å². The zero-order valence-corrected chi connectivity index (χ0v) is 16.6. The van der Waals surface area contributed by atoms with Crippen molar-refractivity contribution in [3.63, 3.8) is 0 Å². The van der Waals surface area contributed by atoms with Crippen molar-refractivity contribution in [2.24, 2.45) is 0 Å². The molecule has 0 aromatic heterocycles. The van der Waals surface area contributed by atoms with Crippen LogP contribution in [0.3, 0.4) is 0 Å². The number of amides is 1. The van der Waals surface area contributed by atoms with Gasteiger partial charge in [0.05, 0.1) is 11.5 Å². The summed E-state index contributed by atoms with van der Waals surface area (Å²) in [5, 5.41) is -0.0593. The van der Waals surface area contributed by atoms with E-state index in [1.165, 1.54) is 6.07 Å². The molecule has 2 N–H and O–H groups in total. The third-order valence-electron chi connectivity index (χ3n) is 3.68. The molecule has 0 aliphatic heterocycles. The molecule has 0 aliphatic rings. The highest BCUT2D eigenvalue weighted by Crippen LogP contribution is 2.47. The first-order valence-corrected chi connectivity index (χ1v) is 9.63. The highest BCUT2D eigenvalue weighted by atomic mass is 32.2. The van der Waals surface area contributed by atoms with Crippen LogP contribution in [0.25, 0.3) is 0 Å². The molecule has 33 heavy (non-hydrogen) atoms. The molecular weight excluding hydrogens is 510 g/mol. The Bertz CT molecular complexity index is 979. The molecule has 188 valence electrons. The molecule has 0 heterocycles. The summed E-state index contributed by atoms with van der Waals surface area (Å²) in [4.78, 5) is 22.5. The van der Waals surface area contributed by atoms with Gasteiger partial charge in [0, 0.05) is 0 Å². The van der Waals surface area contributed by atoms with E-state index in [0.29, 0.717) is 16.9 Å². The summed E-state index contributed by atoms with van der Waals surface area (Å²) < 4.78 is 161. The smallest absolute Gasteiger partial charge is 0.460 e. The van der Waals surface area contributed by atoms with Crippen LogP contribution in [0, 0.1) is 0 Å². The molecule has 7 nitrogen and oxygen atoms in total. The van der Waals surface area contributed by atoms with Gasteiger partial charge < -0.3 is 10.1 Å². The lowest BCUT2D eigenvalue weighted by Gasteiger charge is -2.36. The minimum Gasteiger partial charge on any atom is -0.463 e. The third-order valence-corrected chi connectivity index (χ3v) is 5.15. The lowest BCUT2D eigenvalue weighted by molar-refractivity contribution is -0.344. The maximum absolute atomic E-state index is 13.8. The molecular formula is C15H12F10N2O5S. The number of halogens is 10. The SMILES string of the molecule is CCOC(=O)[C@](NC(=O)C(F)(F)C(F)(F)C(F)(F)F)(NS(=O)(=O)c1ccccc1)C(F)(F)F. The topological polar surface area (TPSA) is 102 Å². The van der Waals surface area contributed by atoms with Crippen LogP contribution in [0.5, 0.6) is 0 Å². The minimum absolute atomic E-state index is 0.0593. The van der Waals surface area contributed by atoms with Crippen molar-refractivity contribution < 1.29 is 66.6 Å². The molecule has 1 aromatic carbocycles. The van der Waals surface area contributed by atoms with E-state index in [-0.39, 0.29) is 5.32 Å². The lowest BCUT2D eigenvalue weighted by Crippen LogP contribution is -2.76. The number of benzene rings is 1. The molecule has 1 amide bonds. The van der Waals surface area contributed by atoms with Crippen LogP contribution in [0.2, 0.25) is 0 Å². The van der Waals surface area contributed by atoms with Crippen LogP contribution < -0.4 is 10.0 Å². The molecule has 0 saturated heterocycles. The maximum Gasteiger partial charge on any atom is 0.460 e. The zero-order valence-electron chi connectivity index (χ0n) is 15.8. The predicted molar refractivity (Wildman–Crippen MR) is 86.3 cm³/mol. The zero-order chi connectivity index (χ0) is 26.1. The standard InChI is InChI=1S/C15H12F10N2O5S/c1-2-32-10(29)12(14(20,21)22,27-33(30,31)8-6-4-3-5-7-8)26-9(28)11(16,17)13(18,19)15(23,24)25/h3-7,27H,2H2,1H3,(H,26,28)/t12-/m0/s1. The Balaban J connectivity index is 3.69. The van der Waals surface area contributed by atoms with Gasteiger partial charge in [-0.15, -0.1) is 0 Å². The van der Waals surface area contributed by atoms with E-state index >= 15 is 0 Å². The Kier molecular flexibility index (Phi) is 7.71. The maximum atomic E-state index is 13.8. The quantitative estimate of drug-likeness (QED) is 0.311. The summed E-state index contributed by atoms with van der Waals surface area (Å²) >= 11 is 0. The molecule has 1 aromatic rings. The fourth-order valence-electron chi connectivity index (χ4n) is 2.03. The van der Waals surface area contributed by atoms with Gasteiger partial charge in [0.15, 0.2) is 0 Å². The molecule has 1 rings (SSSR count). The second-order valence-corrected chi connectivity index (χ2v) is 7.67. The normalized spacial score (nSPS) is 15.5. The molecule has 0 spiro atoms. The van der Waals surface area contributed by atoms with Crippen molar-refractivity contribution in [2.45, 2.75) is 41.7 Å². The molecule has 0 fully saturated rings. The Labute approximate surface area is 178 Å².